The minimum Gasteiger partial charge on any atom is -0.368 e. The molecule has 1 aromatic rings. The Kier molecular flexibility index (Phi) is 2.52. The summed E-state index contributed by atoms with van der Waals surface area (Å²) in [5.74, 6) is 0.676. The van der Waals surface area contributed by atoms with Crippen LogP contribution in [0.3, 0.4) is 0 Å². The van der Waals surface area contributed by atoms with Crippen LogP contribution in [0.5, 0.6) is 0 Å². The van der Waals surface area contributed by atoms with E-state index >= 15 is 0 Å². The van der Waals surface area contributed by atoms with E-state index in [0.29, 0.717) is 5.82 Å². The van der Waals surface area contributed by atoms with Crippen LogP contribution in [0.4, 0.5) is 5.95 Å². The molecule has 0 aromatic carbocycles. The molecule has 14 heavy (non-hydrogen) atoms. The SMILES string of the molecule is CC1CCC(c2nc(N)nc(Cl)n2)O1. The highest BCUT2D eigenvalue weighted by Gasteiger charge is 2.26. The lowest BCUT2D eigenvalue weighted by Gasteiger charge is -2.09. The summed E-state index contributed by atoms with van der Waals surface area (Å²) in [5.41, 5.74) is 5.46. The van der Waals surface area contributed by atoms with Gasteiger partial charge in [0.1, 0.15) is 6.10 Å². The summed E-state index contributed by atoms with van der Waals surface area (Å²) >= 11 is 5.67. The zero-order valence-electron chi connectivity index (χ0n) is 7.77. The van der Waals surface area contributed by atoms with Crippen LogP contribution in [0.2, 0.25) is 5.28 Å². The van der Waals surface area contributed by atoms with Crippen molar-refractivity contribution in [1.82, 2.24) is 15.0 Å². The van der Waals surface area contributed by atoms with Gasteiger partial charge in [0.15, 0.2) is 5.82 Å². The third-order valence-electron chi connectivity index (χ3n) is 2.16. The first-order chi connectivity index (χ1) is 6.65. The van der Waals surface area contributed by atoms with Gasteiger partial charge >= 0.3 is 0 Å². The Bertz CT molecular complexity index is 326. The van der Waals surface area contributed by atoms with Gasteiger partial charge in [-0.25, -0.2) is 0 Å². The Morgan fingerprint density at radius 1 is 1.36 bits per heavy atom. The smallest absolute Gasteiger partial charge is 0.227 e. The van der Waals surface area contributed by atoms with Gasteiger partial charge in [0, 0.05) is 0 Å². The van der Waals surface area contributed by atoms with Gasteiger partial charge in [-0.15, -0.1) is 0 Å². The van der Waals surface area contributed by atoms with E-state index < -0.39 is 0 Å². The first-order valence-electron chi connectivity index (χ1n) is 4.47. The Morgan fingerprint density at radius 3 is 2.71 bits per heavy atom. The lowest BCUT2D eigenvalue weighted by molar-refractivity contribution is 0.0502. The number of hydrogen-bond acceptors (Lipinski definition) is 5. The van der Waals surface area contributed by atoms with Gasteiger partial charge in [-0.2, -0.15) is 15.0 Å². The van der Waals surface area contributed by atoms with Crippen molar-refractivity contribution in [2.75, 3.05) is 5.73 Å². The second kappa shape index (κ2) is 3.67. The molecule has 2 atom stereocenters. The van der Waals surface area contributed by atoms with E-state index in [1.807, 2.05) is 6.92 Å². The molecule has 76 valence electrons. The molecule has 1 aliphatic rings. The molecule has 0 bridgehead atoms. The molecule has 2 N–H and O–H groups in total. The van der Waals surface area contributed by atoms with Crippen molar-refractivity contribution < 1.29 is 4.74 Å². The van der Waals surface area contributed by atoms with Crippen LogP contribution >= 0.6 is 11.6 Å². The summed E-state index contributed by atoms with van der Waals surface area (Å²) in [7, 11) is 0. The Balaban J connectivity index is 2.23. The van der Waals surface area contributed by atoms with Crippen LogP contribution in [-0.2, 0) is 4.74 Å². The predicted octanol–water partition coefficient (Wildman–Crippen LogP) is 1.35. The number of anilines is 1. The van der Waals surface area contributed by atoms with E-state index in [9.17, 15) is 0 Å². The van der Waals surface area contributed by atoms with Crippen LogP contribution < -0.4 is 5.73 Å². The van der Waals surface area contributed by atoms with Gasteiger partial charge < -0.3 is 10.5 Å². The van der Waals surface area contributed by atoms with Gasteiger partial charge in [-0.1, -0.05) is 0 Å². The zero-order chi connectivity index (χ0) is 10.1. The van der Waals surface area contributed by atoms with Crippen LogP contribution in [0.1, 0.15) is 31.7 Å². The number of nitrogens with two attached hydrogens (primary N) is 1. The van der Waals surface area contributed by atoms with E-state index in [4.69, 9.17) is 22.1 Å². The molecule has 1 aliphatic heterocycles. The minimum absolute atomic E-state index is 0.0900. The molecule has 2 unspecified atom stereocenters. The van der Waals surface area contributed by atoms with Crippen molar-refractivity contribution in [3.63, 3.8) is 0 Å². The number of aromatic nitrogens is 3. The standard InChI is InChI=1S/C8H11ClN4O/c1-4-2-3-5(14-4)6-11-7(9)13-8(10)12-6/h4-5H,2-3H2,1H3,(H2,10,11,12,13). The molecule has 0 aliphatic carbocycles. The van der Waals surface area contributed by atoms with Crippen molar-refractivity contribution in [1.29, 1.82) is 0 Å². The van der Waals surface area contributed by atoms with Crippen LogP contribution in [0.25, 0.3) is 0 Å². The van der Waals surface area contributed by atoms with Crippen molar-refractivity contribution in [3.05, 3.63) is 11.1 Å². The molecule has 0 amide bonds. The average Bonchev–Trinajstić information content (AvgIpc) is 2.50. The summed E-state index contributed by atoms with van der Waals surface area (Å²) in [6.07, 6.45) is 2.07. The van der Waals surface area contributed by atoms with Crippen molar-refractivity contribution in [2.45, 2.75) is 32.0 Å². The summed E-state index contributed by atoms with van der Waals surface area (Å²) in [6, 6.07) is 0. The number of nitrogens with zero attached hydrogens (tertiary/aromatic N) is 3. The normalized spacial score (nSPS) is 26.7. The summed E-state index contributed by atoms with van der Waals surface area (Å²) in [6.45, 7) is 2.02. The van der Waals surface area contributed by atoms with Crippen LogP contribution in [0.15, 0.2) is 0 Å². The molecule has 0 spiro atoms. The molecule has 2 heterocycles. The van der Waals surface area contributed by atoms with Crippen molar-refractivity contribution in [2.24, 2.45) is 0 Å². The lowest BCUT2D eigenvalue weighted by Crippen LogP contribution is -2.08. The number of nitrogen functional groups attached to an aromatic ring is 1. The average molecular weight is 215 g/mol. The Morgan fingerprint density at radius 2 is 2.14 bits per heavy atom. The quantitative estimate of drug-likeness (QED) is 0.764. The zero-order valence-corrected chi connectivity index (χ0v) is 8.53. The van der Waals surface area contributed by atoms with Crippen LogP contribution in [0, 0.1) is 0 Å². The van der Waals surface area contributed by atoms with Crippen LogP contribution in [-0.4, -0.2) is 21.1 Å². The molecule has 0 saturated carbocycles. The Labute approximate surface area is 86.7 Å². The summed E-state index contributed by atoms with van der Waals surface area (Å²) in [4.78, 5) is 11.7. The molecule has 2 rings (SSSR count). The highest BCUT2D eigenvalue weighted by Crippen LogP contribution is 2.30. The molecule has 1 fully saturated rings. The van der Waals surface area contributed by atoms with Gasteiger partial charge in [-0.05, 0) is 31.4 Å². The van der Waals surface area contributed by atoms with E-state index in [1.165, 1.54) is 0 Å². The minimum atomic E-state index is -0.0900. The number of hydrogen-bond donors (Lipinski definition) is 1. The van der Waals surface area contributed by atoms with Gasteiger partial charge in [0.2, 0.25) is 11.2 Å². The molecular weight excluding hydrogens is 204 g/mol. The first kappa shape index (κ1) is 9.61. The van der Waals surface area contributed by atoms with E-state index in [1.54, 1.807) is 0 Å². The monoisotopic (exact) mass is 214 g/mol. The Hall–Kier alpha value is -0.940. The molecular formula is C8H11ClN4O. The molecule has 6 heteroatoms. The predicted molar refractivity (Wildman–Crippen MR) is 51.8 cm³/mol. The van der Waals surface area contributed by atoms with E-state index in [0.717, 1.165) is 12.8 Å². The number of rotatable bonds is 1. The fourth-order valence-corrected chi connectivity index (χ4v) is 1.69. The fourth-order valence-electron chi connectivity index (χ4n) is 1.52. The largest absolute Gasteiger partial charge is 0.368 e. The lowest BCUT2D eigenvalue weighted by atomic mass is 10.2. The number of ether oxygens (including phenoxy) is 1. The maximum atomic E-state index is 5.67. The van der Waals surface area contributed by atoms with Gasteiger partial charge in [-0.3, -0.25) is 0 Å². The topological polar surface area (TPSA) is 73.9 Å². The van der Waals surface area contributed by atoms with Crippen molar-refractivity contribution in [3.8, 4) is 0 Å². The maximum Gasteiger partial charge on any atom is 0.227 e. The molecule has 1 aromatic heterocycles. The third kappa shape index (κ3) is 1.93. The first-order valence-corrected chi connectivity index (χ1v) is 4.85. The highest BCUT2D eigenvalue weighted by molar-refractivity contribution is 6.28. The van der Waals surface area contributed by atoms with E-state index in [-0.39, 0.29) is 23.4 Å². The van der Waals surface area contributed by atoms with Gasteiger partial charge in [0.05, 0.1) is 6.10 Å². The summed E-state index contributed by atoms with van der Waals surface area (Å²) < 4.78 is 5.59. The maximum absolute atomic E-state index is 5.67. The van der Waals surface area contributed by atoms with Crippen molar-refractivity contribution >= 4 is 17.5 Å². The number of halogens is 1. The fraction of sp³-hybridized carbons (Fsp3) is 0.625. The van der Waals surface area contributed by atoms with E-state index in [2.05, 4.69) is 15.0 Å². The molecule has 5 nitrogen and oxygen atoms in total. The van der Waals surface area contributed by atoms with Gasteiger partial charge in [0.25, 0.3) is 0 Å². The second-order valence-electron chi connectivity index (χ2n) is 3.33. The summed E-state index contributed by atoms with van der Waals surface area (Å²) in [5, 5.41) is 0.121. The highest BCUT2D eigenvalue weighted by atomic mass is 35.5. The molecule has 1 saturated heterocycles. The second-order valence-corrected chi connectivity index (χ2v) is 3.67. The molecule has 0 radical (unpaired) electrons. The third-order valence-corrected chi connectivity index (χ3v) is 2.33.